The van der Waals surface area contributed by atoms with Gasteiger partial charge in [0.2, 0.25) is 0 Å². The maximum absolute atomic E-state index is 10.5. The Morgan fingerprint density at radius 1 is 1.62 bits per heavy atom. The van der Waals surface area contributed by atoms with Crippen LogP contribution in [0.3, 0.4) is 0 Å². The summed E-state index contributed by atoms with van der Waals surface area (Å²) in [4.78, 5) is 2.39. The smallest absolute Gasteiger partial charge is 0.0811 e. The zero-order valence-electron chi connectivity index (χ0n) is 10.3. The molecule has 0 aromatic carbocycles. The summed E-state index contributed by atoms with van der Waals surface area (Å²) in [5.41, 5.74) is 0.695. The molecule has 0 aromatic rings. The van der Waals surface area contributed by atoms with Gasteiger partial charge in [-0.15, -0.1) is 0 Å². The summed E-state index contributed by atoms with van der Waals surface area (Å²) in [5, 5.41) is 19.5. The lowest BCUT2D eigenvalue weighted by atomic mass is 9.83. The lowest BCUT2D eigenvalue weighted by molar-refractivity contribution is -0.0330. The monoisotopic (exact) mass is 225 g/mol. The Morgan fingerprint density at radius 3 is 3.06 bits per heavy atom. The summed E-state index contributed by atoms with van der Waals surface area (Å²) in [6.07, 6.45) is 5.21. The third-order valence-electron chi connectivity index (χ3n) is 3.88. The molecule has 92 valence electrons. The van der Waals surface area contributed by atoms with E-state index in [9.17, 15) is 5.11 Å². The van der Waals surface area contributed by atoms with Crippen molar-refractivity contribution in [2.75, 3.05) is 19.7 Å². The molecule has 2 N–H and O–H groups in total. The number of hydrogen-bond acceptors (Lipinski definition) is 3. The molecule has 0 radical (unpaired) electrons. The first-order chi connectivity index (χ1) is 7.53. The Hall–Kier alpha value is -0.380. The van der Waals surface area contributed by atoms with Gasteiger partial charge in [0.25, 0.3) is 0 Å². The van der Waals surface area contributed by atoms with E-state index < -0.39 is 5.60 Å². The first kappa shape index (κ1) is 12.1. The van der Waals surface area contributed by atoms with Gasteiger partial charge in [0.05, 0.1) is 5.60 Å². The minimum absolute atomic E-state index is 0.190. The van der Waals surface area contributed by atoms with Crippen molar-refractivity contribution >= 4 is 0 Å². The SMILES string of the molecule is C[C@@H](/C=C1\CN2CCC[C@H]2[C@@](C)(O)C1)CO. The molecule has 0 bridgehead atoms. The molecule has 0 amide bonds. The maximum atomic E-state index is 10.5. The van der Waals surface area contributed by atoms with E-state index in [0.717, 1.165) is 25.9 Å². The van der Waals surface area contributed by atoms with Crippen LogP contribution in [0.5, 0.6) is 0 Å². The van der Waals surface area contributed by atoms with E-state index in [1.807, 2.05) is 13.8 Å². The summed E-state index contributed by atoms with van der Waals surface area (Å²) >= 11 is 0. The predicted octanol–water partition coefficient (Wildman–Crippen LogP) is 1.16. The maximum Gasteiger partial charge on any atom is 0.0811 e. The average Bonchev–Trinajstić information content (AvgIpc) is 2.65. The van der Waals surface area contributed by atoms with Gasteiger partial charge in [0.1, 0.15) is 0 Å². The van der Waals surface area contributed by atoms with Crippen LogP contribution in [0.4, 0.5) is 0 Å². The average molecular weight is 225 g/mol. The number of rotatable bonds is 2. The highest BCUT2D eigenvalue weighted by Gasteiger charge is 2.43. The van der Waals surface area contributed by atoms with Crippen LogP contribution in [0.1, 0.15) is 33.1 Å². The van der Waals surface area contributed by atoms with E-state index in [4.69, 9.17) is 5.11 Å². The van der Waals surface area contributed by atoms with Crippen molar-refractivity contribution in [3.05, 3.63) is 11.6 Å². The van der Waals surface area contributed by atoms with Crippen molar-refractivity contribution < 1.29 is 10.2 Å². The number of hydrogen-bond donors (Lipinski definition) is 2. The molecule has 2 aliphatic heterocycles. The van der Waals surface area contributed by atoms with Gasteiger partial charge in [-0.2, -0.15) is 0 Å². The number of aliphatic hydroxyl groups is 2. The Labute approximate surface area is 97.8 Å². The number of piperidine rings is 1. The van der Waals surface area contributed by atoms with E-state index in [1.165, 1.54) is 12.0 Å². The fraction of sp³-hybridized carbons (Fsp3) is 0.846. The molecule has 3 nitrogen and oxygen atoms in total. The van der Waals surface area contributed by atoms with Crippen LogP contribution in [0.2, 0.25) is 0 Å². The van der Waals surface area contributed by atoms with Crippen molar-refractivity contribution in [1.82, 2.24) is 4.90 Å². The second kappa shape index (κ2) is 4.47. The molecule has 0 saturated carbocycles. The molecular weight excluding hydrogens is 202 g/mol. The first-order valence-electron chi connectivity index (χ1n) is 6.30. The van der Waals surface area contributed by atoms with Crippen molar-refractivity contribution in [3.63, 3.8) is 0 Å². The predicted molar refractivity (Wildman–Crippen MR) is 64.2 cm³/mol. The summed E-state index contributed by atoms with van der Waals surface area (Å²) < 4.78 is 0. The van der Waals surface area contributed by atoms with Crippen molar-refractivity contribution in [2.45, 2.75) is 44.8 Å². The van der Waals surface area contributed by atoms with Crippen LogP contribution in [0, 0.1) is 5.92 Å². The summed E-state index contributed by atoms with van der Waals surface area (Å²) in [6.45, 7) is 6.23. The minimum atomic E-state index is -0.588. The molecule has 3 heteroatoms. The van der Waals surface area contributed by atoms with Gasteiger partial charge >= 0.3 is 0 Å². The van der Waals surface area contributed by atoms with Crippen LogP contribution < -0.4 is 0 Å². The molecule has 16 heavy (non-hydrogen) atoms. The quantitative estimate of drug-likeness (QED) is 0.693. The van der Waals surface area contributed by atoms with Gasteiger partial charge in [0.15, 0.2) is 0 Å². The first-order valence-corrected chi connectivity index (χ1v) is 6.30. The number of nitrogens with zero attached hydrogens (tertiary/aromatic N) is 1. The lowest BCUT2D eigenvalue weighted by Gasteiger charge is -2.43. The van der Waals surface area contributed by atoms with Gasteiger partial charge in [-0.05, 0) is 38.6 Å². The van der Waals surface area contributed by atoms with Crippen LogP contribution in [0.25, 0.3) is 0 Å². The van der Waals surface area contributed by atoms with Crippen LogP contribution >= 0.6 is 0 Å². The Kier molecular flexibility index (Phi) is 3.38. The molecule has 2 aliphatic rings. The molecule has 2 rings (SSSR count). The summed E-state index contributed by atoms with van der Waals surface area (Å²) in [7, 11) is 0. The molecule has 0 aliphatic carbocycles. The standard InChI is InChI=1S/C13H23NO2/c1-10(9-15)6-11-7-13(2,16)12-4-3-5-14(12)8-11/h6,10,12,15-16H,3-5,7-9H2,1-2H3/b11-6-/t10-,12-,13-/m0/s1. The lowest BCUT2D eigenvalue weighted by Crippen LogP contribution is -2.52. The second-order valence-corrected chi connectivity index (χ2v) is 5.65. The van der Waals surface area contributed by atoms with Crippen molar-refractivity contribution in [1.29, 1.82) is 0 Å². The van der Waals surface area contributed by atoms with Gasteiger partial charge in [-0.1, -0.05) is 18.6 Å². The van der Waals surface area contributed by atoms with Crippen LogP contribution in [0.15, 0.2) is 11.6 Å². The molecule has 3 atom stereocenters. The largest absolute Gasteiger partial charge is 0.396 e. The van der Waals surface area contributed by atoms with Gasteiger partial charge in [0, 0.05) is 19.2 Å². The van der Waals surface area contributed by atoms with E-state index in [-0.39, 0.29) is 12.5 Å². The minimum Gasteiger partial charge on any atom is -0.396 e. The highest BCUT2D eigenvalue weighted by atomic mass is 16.3. The highest BCUT2D eigenvalue weighted by molar-refractivity contribution is 5.17. The van der Waals surface area contributed by atoms with E-state index >= 15 is 0 Å². The Balaban J connectivity index is 2.12. The van der Waals surface area contributed by atoms with Gasteiger partial charge in [-0.3, -0.25) is 4.90 Å². The van der Waals surface area contributed by atoms with E-state index in [1.54, 1.807) is 0 Å². The van der Waals surface area contributed by atoms with E-state index in [2.05, 4.69) is 11.0 Å². The zero-order chi connectivity index (χ0) is 11.8. The molecule has 0 spiro atoms. The van der Waals surface area contributed by atoms with Gasteiger partial charge in [-0.25, -0.2) is 0 Å². The van der Waals surface area contributed by atoms with Crippen molar-refractivity contribution in [2.24, 2.45) is 5.92 Å². The normalized spacial score (nSPS) is 40.0. The number of fused-ring (bicyclic) bond motifs is 1. The zero-order valence-corrected chi connectivity index (χ0v) is 10.3. The topological polar surface area (TPSA) is 43.7 Å². The molecular formula is C13H23NO2. The molecule has 2 fully saturated rings. The van der Waals surface area contributed by atoms with Crippen LogP contribution in [-0.2, 0) is 0 Å². The Morgan fingerprint density at radius 2 is 2.38 bits per heavy atom. The third kappa shape index (κ3) is 2.31. The number of aliphatic hydroxyl groups excluding tert-OH is 1. The van der Waals surface area contributed by atoms with Gasteiger partial charge < -0.3 is 10.2 Å². The fourth-order valence-electron chi connectivity index (χ4n) is 3.18. The third-order valence-corrected chi connectivity index (χ3v) is 3.88. The second-order valence-electron chi connectivity index (χ2n) is 5.65. The highest BCUT2D eigenvalue weighted by Crippen LogP contribution is 2.36. The molecule has 2 saturated heterocycles. The Bertz CT molecular complexity index is 286. The molecule has 0 aromatic heterocycles. The fourth-order valence-corrected chi connectivity index (χ4v) is 3.18. The summed E-state index contributed by atoms with van der Waals surface area (Å²) in [6, 6.07) is 0.342. The molecule has 2 heterocycles. The van der Waals surface area contributed by atoms with E-state index in [0.29, 0.717) is 6.04 Å². The van der Waals surface area contributed by atoms with Crippen molar-refractivity contribution in [3.8, 4) is 0 Å². The summed E-state index contributed by atoms with van der Waals surface area (Å²) in [5.74, 6) is 0.199. The van der Waals surface area contributed by atoms with Crippen LogP contribution in [-0.4, -0.2) is 46.5 Å². The molecule has 0 unspecified atom stereocenters.